The molecular weight excluding hydrogens is 284 g/mol. The van der Waals surface area contributed by atoms with Gasteiger partial charge in [-0.05, 0) is 34.3 Å². The van der Waals surface area contributed by atoms with Crippen LogP contribution < -0.4 is 5.32 Å². The first-order valence-corrected chi connectivity index (χ1v) is 6.67. The average molecular weight is 296 g/mol. The fourth-order valence-corrected chi connectivity index (χ4v) is 1.84. The van der Waals surface area contributed by atoms with Crippen LogP contribution in [-0.2, 0) is 6.54 Å². The first kappa shape index (κ1) is 12.9. The molecule has 5 heteroatoms. The Morgan fingerprint density at radius 2 is 2.13 bits per heavy atom. The Morgan fingerprint density at radius 1 is 1.40 bits per heavy atom. The monoisotopic (exact) mass is 295 g/mol. The summed E-state index contributed by atoms with van der Waals surface area (Å²) in [5.74, 6) is -0.101. The van der Waals surface area contributed by atoms with Gasteiger partial charge in [0.2, 0.25) is 0 Å². The van der Waals surface area contributed by atoms with E-state index in [1.807, 2.05) is 6.26 Å². The molecule has 0 fully saturated rings. The largest absolute Gasteiger partial charge is 0.312 e. The molecule has 0 saturated carbocycles. The first-order valence-electron chi connectivity index (χ1n) is 4.49. The molecule has 1 nitrogen and oxygen atoms in total. The van der Waals surface area contributed by atoms with Crippen molar-refractivity contribution in [2.24, 2.45) is 0 Å². The van der Waals surface area contributed by atoms with E-state index in [2.05, 4.69) is 21.2 Å². The fraction of sp³-hybridized carbons (Fsp3) is 0.400. The van der Waals surface area contributed by atoms with E-state index in [1.54, 1.807) is 11.8 Å². The summed E-state index contributed by atoms with van der Waals surface area (Å²) in [4.78, 5) is 0. The van der Waals surface area contributed by atoms with E-state index in [4.69, 9.17) is 0 Å². The van der Waals surface area contributed by atoms with E-state index in [-0.39, 0.29) is 12.1 Å². The quantitative estimate of drug-likeness (QED) is 0.661. The van der Waals surface area contributed by atoms with Crippen LogP contribution in [0.3, 0.4) is 0 Å². The third-order valence-electron chi connectivity index (χ3n) is 1.92. The van der Waals surface area contributed by atoms with Crippen molar-refractivity contribution in [2.75, 3.05) is 18.6 Å². The van der Waals surface area contributed by atoms with Crippen molar-refractivity contribution >= 4 is 27.7 Å². The molecule has 0 aliphatic heterocycles. The zero-order chi connectivity index (χ0) is 11.3. The van der Waals surface area contributed by atoms with Gasteiger partial charge in [0.1, 0.15) is 11.6 Å². The molecule has 0 saturated heterocycles. The summed E-state index contributed by atoms with van der Waals surface area (Å²) in [5.41, 5.74) is 0.0884. The van der Waals surface area contributed by atoms with Crippen LogP contribution in [0.1, 0.15) is 5.56 Å². The lowest BCUT2D eigenvalue weighted by molar-refractivity contribution is 0.536. The van der Waals surface area contributed by atoms with E-state index in [0.29, 0.717) is 4.47 Å². The molecule has 15 heavy (non-hydrogen) atoms. The Morgan fingerprint density at radius 3 is 2.80 bits per heavy atom. The highest BCUT2D eigenvalue weighted by Crippen LogP contribution is 2.21. The highest BCUT2D eigenvalue weighted by Gasteiger charge is 2.11. The summed E-state index contributed by atoms with van der Waals surface area (Å²) >= 11 is 4.72. The van der Waals surface area contributed by atoms with Crippen molar-refractivity contribution in [3.05, 3.63) is 33.8 Å². The normalized spacial score (nSPS) is 10.7. The van der Waals surface area contributed by atoms with Crippen LogP contribution in [0.25, 0.3) is 0 Å². The number of nitrogens with one attached hydrogen (secondary N) is 1. The summed E-state index contributed by atoms with van der Waals surface area (Å²) in [6, 6.07) is 2.63. The second-order valence-electron chi connectivity index (χ2n) is 2.99. The molecule has 1 aromatic rings. The molecule has 0 heterocycles. The predicted octanol–water partition coefficient (Wildman–Crippen LogP) is 3.18. The number of hydrogen-bond acceptors (Lipinski definition) is 2. The van der Waals surface area contributed by atoms with Gasteiger partial charge < -0.3 is 5.32 Å². The molecule has 0 spiro atoms. The number of benzene rings is 1. The van der Waals surface area contributed by atoms with Crippen molar-refractivity contribution in [1.82, 2.24) is 5.32 Å². The second kappa shape index (κ2) is 6.45. The van der Waals surface area contributed by atoms with Gasteiger partial charge in [-0.1, -0.05) is 0 Å². The second-order valence-corrected chi connectivity index (χ2v) is 4.83. The lowest BCUT2D eigenvalue weighted by atomic mass is 10.2. The van der Waals surface area contributed by atoms with Gasteiger partial charge in [0.15, 0.2) is 0 Å². The smallest absolute Gasteiger partial charge is 0.144 e. The molecule has 0 unspecified atom stereocenters. The van der Waals surface area contributed by atoms with Crippen LogP contribution in [0.4, 0.5) is 8.78 Å². The Kier molecular flexibility index (Phi) is 5.56. The van der Waals surface area contributed by atoms with Gasteiger partial charge >= 0.3 is 0 Å². The Balaban J connectivity index is 2.63. The van der Waals surface area contributed by atoms with Crippen molar-refractivity contribution in [2.45, 2.75) is 6.54 Å². The number of thioether (sulfide) groups is 1. The molecule has 1 aromatic carbocycles. The number of hydrogen-bond donors (Lipinski definition) is 1. The van der Waals surface area contributed by atoms with Gasteiger partial charge in [-0.3, -0.25) is 0 Å². The van der Waals surface area contributed by atoms with Gasteiger partial charge in [-0.2, -0.15) is 11.8 Å². The maximum absolute atomic E-state index is 13.4. The van der Waals surface area contributed by atoms with E-state index in [9.17, 15) is 8.78 Å². The highest BCUT2D eigenvalue weighted by molar-refractivity contribution is 9.10. The van der Waals surface area contributed by atoms with Gasteiger partial charge in [0, 0.05) is 24.4 Å². The summed E-state index contributed by atoms with van der Waals surface area (Å²) in [5, 5.41) is 2.99. The summed E-state index contributed by atoms with van der Waals surface area (Å²) < 4.78 is 27.0. The van der Waals surface area contributed by atoms with Crippen LogP contribution in [0, 0.1) is 11.6 Å². The van der Waals surface area contributed by atoms with E-state index >= 15 is 0 Å². The van der Waals surface area contributed by atoms with Crippen molar-refractivity contribution in [3.8, 4) is 0 Å². The summed E-state index contributed by atoms with van der Waals surface area (Å²) in [6.45, 7) is 0.963. The van der Waals surface area contributed by atoms with Crippen LogP contribution in [0.5, 0.6) is 0 Å². The predicted molar refractivity (Wildman–Crippen MR) is 64.1 cm³/mol. The van der Waals surface area contributed by atoms with Gasteiger partial charge in [-0.15, -0.1) is 0 Å². The van der Waals surface area contributed by atoms with Gasteiger partial charge in [-0.25, -0.2) is 8.78 Å². The molecule has 0 aliphatic carbocycles. The van der Waals surface area contributed by atoms with E-state index in [0.717, 1.165) is 12.3 Å². The molecule has 84 valence electrons. The zero-order valence-corrected chi connectivity index (χ0v) is 10.7. The van der Waals surface area contributed by atoms with Gasteiger partial charge in [0.25, 0.3) is 0 Å². The van der Waals surface area contributed by atoms with Crippen LogP contribution in [0.15, 0.2) is 16.6 Å². The van der Waals surface area contributed by atoms with E-state index < -0.39 is 11.6 Å². The molecule has 0 amide bonds. The third-order valence-corrected chi connectivity index (χ3v) is 3.15. The molecular formula is C10H12BrF2NS. The Bertz CT molecular complexity index is 333. The molecule has 0 radical (unpaired) electrons. The lowest BCUT2D eigenvalue weighted by Crippen LogP contribution is -2.18. The van der Waals surface area contributed by atoms with Crippen molar-refractivity contribution in [3.63, 3.8) is 0 Å². The van der Waals surface area contributed by atoms with Crippen molar-refractivity contribution in [1.29, 1.82) is 0 Å². The molecule has 0 aliphatic rings. The zero-order valence-electron chi connectivity index (χ0n) is 8.32. The molecule has 1 N–H and O–H groups in total. The minimum Gasteiger partial charge on any atom is -0.312 e. The maximum atomic E-state index is 13.4. The summed E-state index contributed by atoms with van der Waals surface area (Å²) in [7, 11) is 0. The number of rotatable bonds is 5. The van der Waals surface area contributed by atoms with Crippen molar-refractivity contribution < 1.29 is 8.78 Å². The number of halogens is 3. The van der Waals surface area contributed by atoms with Crippen LogP contribution in [-0.4, -0.2) is 18.6 Å². The van der Waals surface area contributed by atoms with Crippen LogP contribution in [0.2, 0.25) is 0 Å². The highest BCUT2D eigenvalue weighted by atomic mass is 79.9. The SMILES string of the molecule is CSCCNCc1c(F)ccc(Br)c1F. The average Bonchev–Trinajstić information content (AvgIpc) is 2.23. The third kappa shape index (κ3) is 3.74. The lowest BCUT2D eigenvalue weighted by Gasteiger charge is -2.07. The molecule has 0 bridgehead atoms. The topological polar surface area (TPSA) is 12.0 Å². The Labute approximate surface area is 101 Å². The summed E-state index contributed by atoms with van der Waals surface area (Å²) in [6.07, 6.45) is 1.99. The van der Waals surface area contributed by atoms with E-state index in [1.165, 1.54) is 12.1 Å². The molecule has 1 rings (SSSR count). The minimum absolute atomic E-state index is 0.0884. The first-order chi connectivity index (χ1) is 7.16. The maximum Gasteiger partial charge on any atom is 0.144 e. The minimum atomic E-state index is -0.522. The van der Waals surface area contributed by atoms with Crippen LogP contribution >= 0.6 is 27.7 Å². The Hall–Kier alpha value is -0.130. The molecule has 0 atom stereocenters. The molecule has 0 aromatic heterocycles. The van der Waals surface area contributed by atoms with Gasteiger partial charge in [0.05, 0.1) is 4.47 Å². The standard InChI is InChI=1S/C10H12BrF2NS/c1-15-5-4-14-6-7-9(12)3-2-8(11)10(7)13/h2-3,14H,4-6H2,1H3. The fourth-order valence-electron chi connectivity index (χ4n) is 1.12.